The highest BCUT2D eigenvalue weighted by Crippen LogP contribution is 2.18. The van der Waals surface area contributed by atoms with Gasteiger partial charge in [-0.25, -0.2) is 0 Å². The van der Waals surface area contributed by atoms with E-state index in [1.165, 1.54) is 0 Å². The maximum absolute atomic E-state index is 12.4. The van der Waals surface area contributed by atoms with Crippen molar-refractivity contribution in [3.05, 3.63) is 47.6 Å². The Hall–Kier alpha value is -2.25. The Bertz CT molecular complexity index is 622. The van der Waals surface area contributed by atoms with Crippen LogP contribution in [0.2, 0.25) is 0 Å². The van der Waals surface area contributed by atoms with Crippen molar-refractivity contribution in [3.8, 4) is 0 Å². The number of hydrogen-bond donors (Lipinski definition) is 3. The third kappa shape index (κ3) is 3.49. The monoisotopic (exact) mass is 301 g/mol. The lowest BCUT2D eigenvalue weighted by Gasteiger charge is -2.19. The number of hydrazine groups is 1. The smallest absolute Gasteiger partial charge is 0.229 e. The molecule has 2 aromatic rings. The summed E-state index contributed by atoms with van der Waals surface area (Å²) in [5, 5.41) is 6.89. The van der Waals surface area contributed by atoms with Crippen molar-refractivity contribution in [2.75, 3.05) is 13.1 Å². The highest BCUT2D eigenvalue weighted by molar-refractivity contribution is 5.79. The second-order valence-corrected chi connectivity index (χ2v) is 5.37. The van der Waals surface area contributed by atoms with Crippen LogP contribution in [0.15, 0.2) is 34.9 Å². The zero-order valence-electron chi connectivity index (χ0n) is 12.4. The first-order chi connectivity index (χ1) is 10.7. The number of benzene rings is 1. The molecule has 1 aliphatic rings. The minimum Gasteiger partial charge on any atom is -0.348 e. The highest BCUT2D eigenvalue weighted by atomic mass is 16.5. The molecule has 0 saturated carbocycles. The standard InChI is InChI=1S/C15H19N5O2/c1-10-18-14(22-20-10)7-13(11-5-3-2-4-6-11)19-15(21)12-8-16-17-9-12/h2-6,12-13,16-17H,7-9H2,1H3,(H,19,21). The van der Waals surface area contributed by atoms with E-state index >= 15 is 0 Å². The summed E-state index contributed by atoms with van der Waals surface area (Å²) in [4.78, 5) is 16.6. The van der Waals surface area contributed by atoms with E-state index in [1.807, 2.05) is 30.3 Å². The molecule has 1 unspecified atom stereocenters. The molecule has 0 radical (unpaired) electrons. The molecule has 0 bridgehead atoms. The van der Waals surface area contributed by atoms with Gasteiger partial charge in [-0.3, -0.25) is 15.6 Å². The van der Waals surface area contributed by atoms with E-state index in [9.17, 15) is 4.79 Å². The van der Waals surface area contributed by atoms with Crippen LogP contribution in [0.4, 0.5) is 0 Å². The van der Waals surface area contributed by atoms with E-state index in [0.717, 1.165) is 5.56 Å². The molecule has 2 heterocycles. The molecule has 0 aliphatic carbocycles. The summed E-state index contributed by atoms with van der Waals surface area (Å²) in [6.07, 6.45) is 0.476. The van der Waals surface area contributed by atoms with Crippen molar-refractivity contribution in [3.63, 3.8) is 0 Å². The van der Waals surface area contributed by atoms with Gasteiger partial charge in [0, 0.05) is 13.1 Å². The van der Waals surface area contributed by atoms with Crippen molar-refractivity contribution in [2.45, 2.75) is 19.4 Å². The maximum Gasteiger partial charge on any atom is 0.229 e. The maximum atomic E-state index is 12.4. The molecule has 1 amide bonds. The molecule has 3 N–H and O–H groups in total. The average molecular weight is 301 g/mol. The molecule has 1 fully saturated rings. The number of aromatic nitrogens is 2. The quantitative estimate of drug-likeness (QED) is 0.745. The van der Waals surface area contributed by atoms with Crippen LogP contribution in [0.1, 0.15) is 23.3 Å². The van der Waals surface area contributed by atoms with Crippen LogP contribution < -0.4 is 16.2 Å². The SMILES string of the molecule is Cc1noc(CC(NC(=O)C2CNNC2)c2ccccc2)n1. The lowest BCUT2D eigenvalue weighted by Crippen LogP contribution is -2.37. The Kier molecular flexibility index (Phi) is 4.45. The molecular formula is C15H19N5O2. The fourth-order valence-corrected chi connectivity index (χ4v) is 2.47. The zero-order chi connectivity index (χ0) is 15.4. The summed E-state index contributed by atoms with van der Waals surface area (Å²) in [5.74, 6) is 1.06. The van der Waals surface area contributed by atoms with Gasteiger partial charge in [0.05, 0.1) is 18.4 Å². The molecule has 1 aromatic carbocycles. The zero-order valence-corrected chi connectivity index (χ0v) is 12.4. The first-order valence-corrected chi connectivity index (χ1v) is 7.32. The number of aryl methyl sites for hydroxylation is 1. The van der Waals surface area contributed by atoms with Gasteiger partial charge < -0.3 is 9.84 Å². The summed E-state index contributed by atoms with van der Waals surface area (Å²) >= 11 is 0. The molecule has 3 rings (SSSR count). The Morgan fingerprint density at radius 2 is 2.09 bits per heavy atom. The van der Waals surface area contributed by atoms with Gasteiger partial charge in [-0.2, -0.15) is 4.98 Å². The third-order valence-corrected chi connectivity index (χ3v) is 3.66. The summed E-state index contributed by atoms with van der Waals surface area (Å²) in [6.45, 7) is 3.04. The average Bonchev–Trinajstić information content (AvgIpc) is 3.19. The summed E-state index contributed by atoms with van der Waals surface area (Å²) < 4.78 is 5.19. The van der Waals surface area contributed by atoms with Crippen LogP contribution in [0.25, 0.3) is 0 Å². The van der Waals surface area contributed by atoms with Crippen molar-refractivity contribution >= 4 is 5.91 Å². The van der Waals surface area contributed by atoms with Crippen LogP contribution in [0.3, 0.4) is 0 Å². The molecule has 7 nitrogen and oxygen atoms in total. The van der Waals surface area contributed by atoms with Crippen LogP contribution in [-0.4, -0.2) is 29.1 Å². The molecule has 22 heavy (non-hydrogen) atoms. The number of rotatable bonds is 5. The first kappa shape index (κ1) is 14.7. The Morgan fingerprint density at radius 3 is 2.73 bits per heavy atom. The fourth-order valence-electron chi connectivity index (χ4n) is 2.47. The van der Waals surface area contributed by atoms with E-state index in [2.05, 4.69) is 26.3 Å². The minimum absolute atomic E-state index is 0.0163. The molecule has 7 heteroatoms. The van der Waals surface area contributed by atoms with Gasteiger partial charge in [0.2, 0.25) is 11.8 Å². The van der Waals surface area contributed by atoms with E-state index in [-0.39, 0.29) is 17.9 Å². The minimum atomic E-state index is -0.186. The third-order valence-electron chi connectivity index (χ3n) is 3.66. The van der Waals surface area contributed by atoms with Gasteiger partial charge in [0.25, 0.3) is 0 Å². The number of nitrogens with zero attached hydrogens (tertiary/aromatic N) is 2. The van der Waals surface area contributed by atoms with Crippen LogP contribution >= 0.6 is 0 Å². The molecule has 0 spiro atoms. The summed E-state index contributed by atoms with van der Waals surface area (Å²) in [5.41, 5.74) is 6.95. The lowest BCUT2D eigenvalue weighted by molar-refractivity contribution is -0.124. The molecule has 1 aliphatic heterocycles. The molecule has 1 saturated heterocycles. The largest absolute Gasteiger partial charge is 0.348 e. The number of amides is 1. The summed E-state index contributed by atoms with van der Waals surface area (Å²) in [6, 6.07) is 9.63. The van der Waals surface area contributed by atoms with E-state index in [4.69, 9.17) is 4.52 Å². The van der Waals surface area contributed by atoms with Gasteiger partial charge in [0.15, 0.2) is 5.82 Å². The number of nitrogens with one attached hydrogen (secondary N) is 3. The Labute approximate surface area is 128 Å². The van der Waals surface area contributed by atoms with Crippen LogP contribution in [-0.2, 0) is 11.2 Å². The second-order valence-electron chi connectivity index (χ2n) is 5.37. The fraction of sp³-hybridized carbons (Fsp3) is 0.400. The van der Waals surface area contributed by atoms with Crippen molar-refractivity contribution in [1.29, 1.82) is 0 Å². The first-order valence-electron chi connectivity index (χ1n) is 7.32. The van der Waals surface area contributed by atoms with Crippen LogP contribution in [0, 0.1) is 12.8 Å². The predicted molar refractivity (Wildman–Crippen MR) is 79.6 cm³/mol. The van der Waals surface area contributed by atoms with Gasteiger partial charge in [0.1, 0.15) is 0 Å². The van der Waals surface area contributed by atoms with Gasteiger partial charge >= 0.3 is 0 Å². The van der Waals surface area contributed by atoms with Crippen molar-refractivity contribution in [2.24, 2.45) is 5.92 Å². The number of carbonyl (C=O) groups excluding carboxylic acids is 1. The van der Waals surface area contributed by atoms with Crippen molar-refractivity contribution in [1.82, 2.24) is 26.3 Å². The highest BCUT2D eigenvalue weighted by Gasteiger charge is 2.26. The molecule has 1 aromatic heterocycles. The number of hydrogen-bond acceptors (Lipinski definition) is 6. The lowest BCUT2D eigenvalue weighted by atomic mass is 10.0. The summed E-state index contributed by atoms with van der Waals surface area (Å²) in [7, 11) is 0. The van der Waals surface area contributed by atoms with E-state index in [0.29, 0.717) is 31.2 Å². The van der Waals surface area contributed by atoms with E-state index < -0.39 is 0 Å². The molecule has 1 atom stereocenters. The second kappa shape index (κ2) is 6.67. The topological polar surface area (TPSA) is 92.1 Å². The van der Waals surface area contributed by atoms with Gasteiger partial charge in [-0.05, 0) is 12.5 Å². The predicted octanol–water partition coefficient (Wildman–Crippen LogP) is 0.502. The van der Waals surface area contributed by atoms with Crippen LogP contribution in [0.5, 0.6) is 0 Å². The Balaban J connectivity index is 1.75. The van der Waals surface area contributed by atoms with E-state index in [1.54, 1.807) is 6.92 Å². The van der Waals surface area contributed by atoms with Crippen molar-refractivity contribution < 1.29 is 9.32 Å². The normalized spacial score (nSPS) is 16.6. The number of carbonyl (C=O) groups is 1. The molecule has 116 valence electrons. The van der Waals surface area contributed by atoms with Gasteiger partial charge in [-0.1, -0.05) is 35.5 Å². The van der Waals surface area contributed by atoms with Gasteiger partial charge in [-0.15, -0.1) is 0 Å². The Morgan fingerprint density at radius 1 is 1.36 bits per heavy atom. The molecular weight excluding hydrogens is 282 g/mol.